The molecule has 4 heterocycles. The van der Waals surface area contributed by atoms with Gasteiger partial charge in [0.2, 0.25) is 11.0 Å². The number of nitrogens with one attached hydrogen (secondary N) is 2. The minimum Gasteiger partial charge on any atom is -0.384 e. The van der Waals surface area contributed by atoms with Gasteiger partial charge in [-0.3, -0.25) is 20.2 Å². The van der Waals surface area contributed by atoms with Crippen LogP contribution in [-0.2, 0) is 13.1 Å². The van der Waals surface area contributed by atoms with E-state index in [-0.39, 0.29) is 21.2 Å². The number of fused-ring (bicyclic) bond motifs is 12. The van der Waals surface area contributed by atoms with Gasteiger partial charge in [-0.15, -0.1) is 0 Å². The summed E-state index contributed by atoms with van der Waals surface area (Å²) in [7, 11) is 0. The molecule has 2 aromatic heterocycles. The molecular weight excluding hydrogens is 484 g/mol. The molecule has 0 radical (unpaired) electrons. The number of non-ortho nitro benzene ring substituents is 2. The highest BCUT2D eigenvalue weighted by molar-refractivity contribution is 5.91. The number of aryl methyl sites for hydroxylation is 2. The lowest BCUT2D eigenvalue weighted by molar-refractivity contribution is -0.675. The largest absolute Gasteiger partial charge is 0.384 e. The second kappa shape index (κ2) is 11.4. The van der Waals surface area contributed by atoms with E-state index >= 15 is 0 Å². The summed E-state index contributed by atoms with van der Waals surface area (Å²) >= 11 is 0. The number of hydrogen-bond donors (Lipinski definition) is 2. The van der Waals surface area contributed by atoms with E-state index in [2.05, 4.69) is 32.2 Å². The van der Waals surface area contributed by atoms with Crippen LogP contribution in [0.3, 0.4) is 0 Å². The fourth-order valence-electron chi connectivity index (χ4n) is 5.19. The number of anilines is 2. The Bertz CT molecular complexity index is 1390. The predicted molar refractivity (Wildman–Crippen MR) is 146 cm³/mol. The van der Waals surface area contributed by atoms with Gasteiger partial charge in [-0.1, -0.05) is 0 Å². The van der Waals surface area contributed by atoms with E-state index in [0.717, 1.165) is 97.9 Å². The second-order valence-electron chi connectivity index (χ2n) is 9.74. The van der Waals surface area contributed by atoms with Crippen molar-refractivity contribution in [2.24, 2.45) is 0 Å². The molecule has 2 N–H and O–H groups in total. The molecule has 0 spiro atoms. The van der Waals surface area contributed by atoms with Crippen LogP contribution in [0.15, 0.2) is 60.9 Å². The van der Waals surface area contributed by atoms with Crippen LogP contribution in [-0.4, -0.2) is 22.9 Å². The average molecular weight is 517 g/mol. The molecule has 10 heteroatoms. The first-order valence-corrected chi connectivity index (χ1v) is 13.2. The van der Waals surface area contributed by atoms with Crippen molar-refractivity contribution in [3.63, 3.8) is 0 Å². The number of pyridine rings is 2. The van der Waals surface area contributed by atoms with E-state index in [9.17, 15) is 20.2 Å². The standard InChI is InChI=1S/C28H30N6O4/c35-33(36)21-7-9-27-23(19-21)25-11-17-31(27)15-5-2-6-16-32-18-12-26(30-14-4-1-3-13-29-25)24-20-22(34(37)38)8-10-28(24)32/h7-12,17-20H,1-6,13-16H2/p+2. The number of nitro benzene ring substituents is 2. The van der Waals surface area contributed by atoms with Gasteiger partial charge in [0.1, 0.15) is 13.1 Å². The summed E-state index contributed by atoms with van der Waals surface area (Å²) in [5.41, 5.74) is 3.99. The average Bonchev–Trinajstić information content (AvgIpc) is 2.92. The van der Waals surface area contributed by atoms with Gasteiger partial charge in [0.15, 0.2) is 12.4 Å². The number of hydrogen-bond acceptors (Lipinski definition) is 6. The molecular formula is C28H32N6O4+2. The van der Waals surface area contributed by atoms with E-state index in [0.29, 0.717) is 0 Å². The number of rotatable bonds is 2. The first kappa shape index (κ1) is 25.3. The van der Waals surface area contributed by atoms with Crippen molar-refractivity contribution in [3.8, 4) is 0 Å². The van der Waals surface area contributed by atoms with Crippen LogP contribution < -0.4 is 19.8 Å². The second-order valence-corrected chi connectivity index (χ2v) is 9.74. The zero-order valence-corrected chi connectivity index (χ0v) is 21.3. The molecule has 10 nitrogen and oxygen atoms in total. The summed E-state index contributed by atoms with van der Waals surface area (Å²) in [4.78, 5) is 22.1. The summed E-state index contributed by atoms with van der Waals surface area (Å²) in [5.74, 6) is 0. The number of nitro groups is 2. The summed E-state index contributed by atoms with van der Waals surface area (Å²) in [5, 5.41) is 31.5. The Hall–Kier alpha value is -4.34. The van der Waals surface area contributed by atoms with Crippen LogP contribution in [0.1, 0.15) is 38.5 Å². The molecule has 0 atom stereocenters. The molecule has 0 saturated carbocycles. The lowest BCUT2D eigenvalue weighted by Gasteiger charge is -2.12. The first-order chi connectivity index (χ1) is 18.5. The molecule has 6 rings (SSSR count). The zero-order chi connectivity index (χ0) is 26.5. The van der Waals surface area contributed by atoms with Crippen LogP contribution >= 0.6 is 0 Å². The summed E-state index contributed by atoms with van der Waals surface area (Å²) < 4.78 is 4.34. The van der Waals surface area contributed by atoms with Crippen molar-refractivity contribution in [2.75, 3.05) is 23.7 Å². The molecule has 2 aromatic carbocycles. The summed E-state index contributed by atoms with van der Waals surface area (Å²) in [6.45, 7) is 3.16. The molecule has 4 aromatic rings. The topological polar surface area (TPSA) is 118 Å². The number of nitrogens with zero attached hydrogens (tertiary/aromatic N) is 4. The zero-order valence-electron chi connectivity index (χ0n) is 21.3. The predicted octanol–water partition coefficient (Wildman–Crippen LogP) is 5.26. The smallest absolute Gasteiger partial charge is 0.270 e. The fraction of sp³-hybridized carbons (Fsp3) is 0.357. The maximum atomic E-state index is 11.4. The molecule has 2 aliphatic rings. The van der Waals surface area contributed by atoms with Crippen molar-refractivity contribution in [1.29, 1.82) is 0 Å². The number of benzene rings is 2. The van der Waals surface area contributed by atoms with Crippen molar-refractivity contribution in [2.45, 2.75) is 51.6 Å². The van der Waals surface area contributed by atoms with Crippen molar-refractivity contribution in [3.05, 3.63) is 81.2 Å². The van der Waals surface area contributed by atoms with E-state index in [1.54, 1.807) is 24.3 Å². The Kier molecular flexibility index (Phi) is 7.57. The van der Waals surface area contributed by atoms with Gasteiger partial charge in [0.25, 0.3) is 11.4 Å². The highest BCUT2D eigenvalue weighted by atomic mass is 16.6. The van der Waals surface area contributed by atoms with Gasteiger partial charge >= 0.3 is 0 Å². The minimum absolute atomic E-state index is 0.0964. The molecule has 0 aliphatic carbocycles. The highest BCUT2D eigenvalue weighted by Gasteiger charge is 2.19. The van der Waals surface area contributed by atoms with E-state index < -0.39 is 0 Å². The van der Waals surface area contributed by atoms with Gasteiger partial charge in [-0.05, 0) is 25.7 Å². The Morgan fingerprint density at radius 3 is 1.50 bits per heavy atom. The minimum atomic E-state index is -0.344. The number of aromatic nitrogens is 2. The maximum absolute atomic E-state index is 11.4. The third-order valence-electron chi connectivity index (χ3n) is 7.21. The molecule has 0 saturated heterocycles. The van der Waals surface area contributed by atoms with Crippen molar-refractivity contribution in [1.82, 2.24) is 0 Å². The summed E-state index contributed by atoms with van der Waals surface area (Å²) in [6, 6.07) is 14.2. The van der Waals surface area contributed by atoms with Gasteiger partial charge in [0.05, 0.1) is 32.0 Å². The quantitative estimate of drug-likeness (QED) is 0.213. The lowest BCUT2D eigenvalue weighted by Crippen LogP contribution is -2.35. The van der Waals surface area contributed by atoms with Crippen LogP contribution in [0.2, 0.25) is 0 Å². The van der Waals surface area contributed by atoms with Gasteiger partial charge in [-0.2, -0.15) is 9.13 Å². The van der Waals surface area contributed by atoms with Gasteiger partial charge in [0, 0.05) is 74.5 Å². The lowest BCUT2D eigenvalue weighted by atomic mass is 10.1. The van der Waals surface area contributed by atoms with Crippen molar-refractivity contribution < 1.29 is 19.0 Å². The van der Waals surface area contributed by atoms with E-state index in [1.807, 2.05) is 24.3 Å². The fourth-order valence-corrected chi connectivity index (χ4v) is 5.19. The highest BCUT2D eigenvalue weighted by Crippen LogP contribution is 2.27. The third kappa shape index (κ3) is 5.49. The van der Waals surface area contributed by atoms with Gasteiger partial charge in [-0.25, -0.2) is 0 Å². The van der Waals surface area contributed by atoms with Crippen molar-refractivity contribution >= 4 is 44.6 Å². The van der Waals surface area contributed by atoms with Crippen LogP contribution in [0.25, 0.3) is 21.8 Å². The Balaban J connectivity index is 1.41. The summed E-state index contributed by atoms with van der Waals surface area (Å²) in [6.07, 6.45) is 9.96. The molecule has 4 bridgehead atoms. The molecule has 0 unspecified atom stereocenters. The monoisotopic (exact) mass is 516 g/mol. The van der Waals surface area contributed by atoms with Crippen LogP contribution in [0.5, 0.6) is 0 Å². The van der Waals surface area contributed by atoms with Crippen LogP contribution in [0.4, 0.5) is 22.7 Å². The third-order valence-corrected chi connectivity index (χ3v) is 7.21. The molecule has 196 valence electrons. The SMILES string of the molecule is O=[N+]([O-])c1ccc2c(c1)c1cc[n+]2CCCCC[n+]2ccc(c3cc([N+](=O)[O-])ccc32)NCCCCCN1. The van der Waals surface area contributed by atoms with E-state index in [4.69, 9.17) is 0 Å². The van der Waals surface area contributed by atoms with Crippen LogP contribution in [0, 0.1) is 20.2 Å². The molecule has 0 amide bonds. The molecule has 0 fully saturated rings. The van der Waals surface area contributed by atoms with Gasteiger partial charge < -0.3 is 10.6 Å². The Morgan fingerprint density at radius 1 is 0.605 bits per heavy atom. The maximum Gasteiger partial charge on any atom is 0.270 e. The Labute approximate surface area is 220 Å². The van der Waals surface area contributed by atoms with E-state index in [1.165, 1.54) is 0 Å². The first-order valence-electron chi connectivity index (χ1n) is 13.2. The normalized spacial score (nSPS) is 15.2. The molecule has 38 heavy (non-hydrogen) atoms. The molecule has 2 aliphatic heterocycles. The Morgan fingerprint density at radius 2 is 1.05 bits per heavy atom.